The number of benzene rings is 1. The molecule has 1 N–H and O–H groups in total. The molecule has 2 rings (SSSR count). The van der Waals surface area contributed by atoms with Crippen LogP contribution in [0.15, 0.2) is 36.1 Å². The summed E-state index contributed by atoms with van der Waals surface area (Å²) in [6.45, 7) is 2.72. The van der Waals surface area contributed by atoms with Crippen LogP contribution in [0.2, 0.25) is 0 Å². The van der Waals surface area contributed by atoms with E-state index in [-0.39, 0.29) is 0 Å². The Morgan fingerprint density at radius 3 is 2.57 bits per heavy atom. The molecule has 0 aliphatic carbocycles. The van der Waals surface area contributed by atoms with Crippen LogP contribution < -0.4 is 0 Å². The van der Waals surface area contributed by atoms with E-state index in [1.54, 1.807) is 0 Å². The summed E-state index contributed by atoms with van der Waals surface area (Å²) in [6.07, 6.45) is 2.25. The molecule has 0 spiro atoms. The maximum Gasteiger partial charge on any atom is 0.136 e. The minimum absolute atomic E-state index is 0.599. The lowest BCUT2D eigenvalue weighted by molar-refractivity contribution is 0.119. The summed E-state index contributed by atoms with van der Waals surface area (Å²) >= 11 is 0. The molecule has 1 aliphatic heterocycles. The molecule has 2 heteroatoms. The van der Waals surface area contributed by atoms with Gasteiger partial charge in [-0.3, -0.25) is 0 Å². The quantitative estimate of drug-likeness (QED) is 0.775. The summed E-state index contributed by atoms with van der Waals surface area (Å²) in [5.74, 6) is 0.689. The number of aliphatic hydroxyl groups excluding tert-OH is 1. The zero-order chi connectivity index (χ0) is 9.97. The van der Waals surface area contributed by atoms with E-state index >= 15 is 0 Å². The second-order valence-electron chi connectivity index (χ2n) is 3.56. The Bertz CT molecular complexity index is 338. The van der Waals surface area contributed by atoms with Crippen molar-refractivity contribution >= 4 is 0 Å². The maximum absolute atomic E-state index is 9.92. The lowest BCUT2D eigenvalue weighted by atomic mass is 10.1. The van der Waals surface area contributed by atoms with Crippen molar-refractivity contribution in [3.8, 4) is 0 Å². The molecule has 1 aromatic rings. The summed E-state index contributed by atoms with van der Waals surface area (Å²) < 4.78 is 5.31. The summed E-state index contributed by atoms with van der Waals surface area (Å²) in [5.41, 5.74) is 2.09. The minimum atomic E-state index is -0.599. The first-order valence-electron chi connectivity index (χ1n) is 4.85. The Kier molecular flexibility index (Phi) is 2.55. The first-order chi connectivity index (χ1) is 6.77. The Hall–Kier alpha value is -1.28. The van der Waals surface area contributed by atoms with Crippen LogP contribution in [0, 0.1) is 6.92 Å². The molecular formula is C12H14O2. The molecule has 0 saturated carbocycles. The van der Waals surface area contributed by atoms with Gasteiger partial charge in [0.1, 0.15) is 11.9 Å². The normalized spacial score (nSPS) is 17.4. The van der Waals surface area contributed by atoms with Gasteiger partial charge in [-0.2, -0.15) is 0 Å². The molecule has 0 fully saturated rings. The molecule has 74 valence electrons. The molecule has 1 aromatic carbocycles. The highest BCUT2D eigenvalue weighted by atomic mass is 16.5. The van der Waals surface area contributed by atoms with Crippen LogP contribution in [0.3, 0.4) is 0 Å². The summed E-state index contributed by atoms with van der Waals surface area (Å²) in [5, 5.41) is 9.92. The van der Waals surface area contributed by atoms with Crippen LogP contribution in [0.25, 0.3) is 0 Å². The average molecular weight is 190 g/mol. The Morgan fingerprint density at radius 2 is 2.00 bits per heavy atom. The highest BCUT2D eigenvalue weighted by Crippen LogP contribution is 2.26. The third-order valence-electron chi connectivity index (χ3n) is 2.39. The fourth-order valence-corrected chi connectivity index (χ4v) is 1.54. The molecule has 0 aromatic heterocycles. The number of aliphatic hydroxyl groups is 1. The number of hydrogen-bond acceptors (Lipinski definition) is 2. The van der Waals surface area contributed by atoms with Gasteiger partial charge >= 0.3 is 0 Å². The molecule has 1 atom stereocenters. The van der Waals surface area contributed by atoms with Crippen LogP contribution in [0.1, 0.15) is 23.7 Å². The number of rotatable bonds is 2. The first-order valence-corrected chi connectivity index (χ1v) is 4.85. The summed E-state index contributed by atoms with van der Waals surface area (Å²) in [6, 6.07) is 7.85. The van der Waals surface area contributed by atoms with E-state index in [0.29, 0.717) is 12.4 Å². The molecule has 0 saturated heterocycles. The molecule has 1 unspecified atom stereocenters. The molecule has 2 nitrogen and oxygen atoms in total. The van der Waals surface area contributed by atoms with Gasteiger partial charge in [0.25, 0.3) is 0 Å². The van der Waals surface area contributed by atoms with Gasteiger partial charge in [-0.15, -0.1) is 0 Å². The van der Waals surface area contributed by atoms with Crippen LogP contribution in [-0.4, -0.2) is 11.7 Å². The van der Waals surface area contributed by atoms with Gasteiger partial charge < -0.3 is 9.84 Å². The first kappa shape index (κ1) is 9.28. The molecule has 0 bridgehead atoms. The highest BCUT2D eigenvalue weighted by molar-refractivity contribution is 5.27. The monoisotopic (exact) mass is 190 g/mol. The van der Waals surface area contributed by atoms with Crippen LogP contribution >= 0.6 is 0 Å². The van der Waals surface area contributed by atoms with Gasteiger partial charge in [-0.1, -0.05) is 29.8 Å². The molecule has 0 amide bonds. The Morgan fingerprint density at radius 1 is 1.29 bits per heavy atom. The van der Waals surface area contributed by atoms with Crippen molar-refractivity contribution in [1.82, 2.24) is 0 Å². The van der Waals surface area contributed by atoms with Crippen molar-refractivity contribution in [3.63, 3.8) is 0 Å². The van der Waals surface area contributed by atoms with Crippen molar-refractivity contribution in [2.45, 2.75) is 19.4 Å². The van der Waals surface area contributed by atoms with E-state index in [4.69, 9.17) is 4.74 Å². The molecule has 14 heavy (non-hydrogen) atoms. The standard InChI is InChI=1S/C12H14O2/c1-9-4-6-10(7-5-9)12(13)11-3-2-8-14-11/h3-7,12-13H,2,8H2,1H3. The van der Waals surface area contributed by atoms with Crippen LogP contribution in [-0.2, 0) is 4.74 Å². The largest absolute Gasteiger partial charge is 0.495 e. The predicted octanol–water partition coefficient (Wildman–Crippen LogP) is 2.33. The van der Waals surface area contributed by atoms with Crippen molar-refractivity contribution < 1.29 is 9.84 Å². The topological polar surface area (TPSA) is 29.5 Å². The second kappa shape index (κ2) is 3.84. The fourth-order valence-electron chi connectivity index (χ4n) is 1.54. The van der Waals surface area contributed by atoms with Gasteiger partial charge in [0.2, 0.25) is 0 Å². The van der Waals surface area contributed by atoms with E-state index < -0.39 is 6.10 Å². The number of hydrogen-bond donors (Lipinski definition) is 1. The SMILES string of the molecule is Cc1ccc(C(O)C2=CCCO2)cc1. The Balaban J connectivity index is 2.18. The van der Waals surface area contributed by atoms with E-state index in [0.717, 1.165) is 12.0 Å². The van der Waals surface area contributed by atoms with Gasteiger partial charge in [-0.25, -0.2) is 0 Å². The van der Waals surface area contributed by atoms with Gasteiger partial charge in [-0.05, 0) is 18.6 Å². The van der Waals surface area contributed by atoms with E-state index in [2.05, 4.69) is 0 Å². The number of ether oxygens (including phenoxy) is 1. The second-order valence-corrected chi connectivity index (χ2v) is 3.56. The molecule has 1 heterocycles. The zero-order valence-electron chi connectivity index (χ0n) is 8.23. The maximum atomic E-state index is 9.92. The van der Waals surface area contributed by atoms with E-state index in [1.165, 1.54) is 5.56 Å². The predicted molar refractivity (Wildman–Crippen MR) is 54.8 cm³/mol. The highest BCUT2D eigenvalue weighted by Gasteiger charge is 2.17. The third kappa shape index (κ3) is 1.80. The molecule has 0 radical (unpaired) electrons. The smallest absolute Gasteiger partial charge is 0.136 e. The number of aryl methyl sites for hydroxylation is 1. The average Bonchev–Trinajstić information content (AvgIpc) is 2.71. The van der Waals surface area contributed by atoms with E-state index in [1.807, 2.05) is 37.3 Å². The third-order valence-corrected chi connectivity index (χ3v) is 2.39. The van der Waals surface area contributed by atoms with Crippen molar-refractivity contribution in [2.75, 3.05) is 6.61 Å². The summed E-state index contributed by atoms with van der Waals surface area (Å²) in [7, 11) is 0. The molecule has 1 aliphatic rings. The minimum Gasteiger partial charge on any atom is -0.495 e. The zero-order valence-corrected chi connectivity index (χ0v) is 8.23. The van der Waals surface area contributed by atoms with Crippen LogP contribution in [0.5, 0.6) is 0 Å². The van der Waals surface area contributed by atoms with Gasteiger partial charge in [0, 0.05) is 6.42 Å². The van der Waals surface area contributed by atoms with Crippen molar-refractivity contribution in [2.24, 2.45) is 0 Å². The van der Waals surface area contributed by atoms with Crippen molar-refractivity contribution in [3.05, 3.63) is 47.2 Å². The lowest BCUT2D eigenvalue weighted by Crippen LogP contribution is -2.01. The Labute approximate surface area is 83.8 Å². The fraction of sp³-hybridized carbons (Fsp3) is 0.333. The van der Waals surface area contributed by atoms with Crippen molar-refractivity contribution in [1.29, 1.82) is 0 Å². The van der Waals surface area contributed by atoms with E-state index in [9.17, 15) is 5.11 Å². The van der Waals surface area contributed by atoms with Crippen LogP contribution in [0.4, 0.5) is 0 Å². The van der Waals surface area contributed by atoms with Gasteiger partial charge in [0.15, 0.2) is 0 Å². The van der Waals surface area contributed by atoms with Gasteiger partial charge in [0.05, 0.1) is 6.61 Å². The molecular weight excluding hydrogens is 176 g/mol. The lowest BCUT2D eigenvalue weighted by Gasteiger charge is -2.12. The summed E-state index contributed by atoms with van der Waals surface area (Å²) in [4.78, 5) is 0.